The monoisotopic (exact) mass is 157 g/mol. The molecule has 0 aromatic heterocycles. The van der Waals surface area contributed by atoms with E-state index in [9.17, 15) is 0 Å². The van der Waals surface area contributed by atoms with Crippen molar-refractivity contribution < 1.29 is 5.11 Å². The zero-order valence-electron chi connectivity index (χ0n) is 7.51. The molecule has 0 aromatic rings. The minimum Gasteiger partial charge on any atom is -0.393 e. The lowest BCUT2D eigenvalue weighted by atomic mass is 9.89. The SMILES string of the molecule is CCCC(C)NC1CC(O)C1. The van der Waals surface area contributed by atoms with Gasteiger partial charge in [0.2, 0.25) is 0 Å². The first kappa shape index (κ1) is 9.01. The van der Waals surface area contributed by atoms with Crippen LogP contribution in [0.15, 0.2) is 0 Å². The average Bonchev–Trinajstić information content (AvgIpc) is 1.85. The van der Waals surface area contributed by atoms with Crippen LogP contribution in [0.2, 0.25) is 0 Å². The number of rotatable bonds is 4. The van der Waals surface area contributed by atoms with E-state index in [2.05, 4.69) is 19.2 Å². The van der Waals surface area contributed by atoms with Crippen molar-refractivity contribution in [1.29, 1.82) is 0 Å². The zero-order valence-corrected chi connectivity index (χ0v) is 7.51. The molecule has 2 N–H and O–H groups in total. The van der Waals surface area contributed by atoms with E-state index in [1.165, 1.54) is 12.8 Å². The second-order valence-corrected chi connectivity index (χ2v) is 3.68. The number of aliphatic hydroxyl groups is 1. The summed E-state index contributed by atoms with van der Waals surface area (Å²) in [4.78, 5) is 0. The highest BCUT2D eigenvalue weighted by atomic mass is 16.3. The summed E-state index contributed by atoms with van der Waals surface area (Å²) in [5, 5.41) is 12.5. The predicted molar refractivity (Wildman–Crippen MR) is 46.5 cm³/mol. The molecule has 1 aliphatic carbocycles. The van der Waals surface area contributed by atoms with Crippen LogP contribution < -0.4 is 5.32 Å². The number of hydrogen-bond donors (Lipinski definition) is 2. The third-order valence-corrected chi connectivity index (χ3v) is 2.36. The first-order chi connectivity index (χ1) is 5.22. The van der Waals surface area contributed by atoms with E-state index in [1.807, 2.05) is 0 Å². The maximum Gasteiger partial charge on any atom is 0.0570 e. The minimum atomic E-state index is -0.0265. The molecule has 1 aliphatic rings. The van der Waals surface area contributed by atoms with E-state index in [1.54, 1.807) is 0 Å². The fourth-order valence-corrected chi connectivity index (χ4v) is 1.64. The summed E-state index contributed by atoms with van der Waals surface area (Å²) in [7, 11) is 0. The molecule has 0 spiro atoms. The Balaban J connectivity index is 2.02. The molecule has 66 valence electrons. The molecule has 0 saturated heterocycles. The van der Waals surface area contributed by atoms with Crippen LogP contribution in [0.4, 0.5) is 0 Å². The Bertz CT molecular complexity index is 107. The van der Waals surface area contributed by atoms with Crippen LogP contribution in [-0.4, -0.2) is 23.3 Å². The molecule has 1 atom stereocenters. The summed E-state index contributed by atoms with van der Waals surface area (Å²) in [5.74, 6) is 0. The summed E-state index contributed by atoms with van der Waals surface area (Å²) in [5.41, 5.74) is 0. The largest absolute Gasteiger partial charge is 0.393 e. The van der Waals surface area contributed by atoms with Gasteiger partial charge < -0.3 is 10.4 Å². The van der Waals surface area contributed by atoms with Crippen molar-refractivity contribution in [2.75, 3.05) is 0 Å². The van der Waals surface area contributed by atoms with Crippen molar-refractivity contribution in [2.24, 2.45) is 0 Å². The van der Waals surface area contributed by atoms with Crippen LogP contribution in [0, 0.1) is 0 Å². The van der Waals surface area contributed by atoms with Crippen LogP contribution in [0.25, 0.3) is 0 Å². The van der Waals surface area contributed by atoms with Gasteiger partial charge in [0.25, 0.3) is 0 Å². The van der Waals surface area contributed by atoms with Crippen molar-refractivity contribution in [2.45, 2.75) is 57.7 Å². The zero-order chi connectivity index (χ0) is 8.27. The fraction of sp³-hybridized carbons (Fsp3) is 1.00. The van der Waals surface area contributed by atoms with Gasteiger partial charge in [-0.05, 0) is 26.2 Å². The number of aliphatic hydroxyl groups excluding tert-OH is 1. The highest BCUT2D eigenvalue weighted by Gasteiger charge is 2.27. The molecule has 1 rings (SSSR count). The summed E-state index contributed by atoms with van der Waals surface area (Å²) in [6, 6.07) is 1.21. The average molecular weight is 157 g/mol. The van der Waals surface area contributed by atoms with Gasteiger partial charge in [-0.15, -0.1) is 0 Å². The molecule has 0 aromatic carbocycles. The van der Waals surface area contributed by atoms with E-state index in [0.717, 1.165) is 12.8 Å². The lowest BCUT2D eigenvalue weighted by molar-refractivity contribution is 0.0582. The Morgan fingerprint density at radius 3 is 2.64 bits per heavy atom. The topological polar surface area (TPSA) is 32.3 Å². The van der Waals surface area contributed by atoms with Crippen LogP contribution in [0.3, 0.4) is 0 Å². The van der Waals surface area contributed by atoms with Crippen molar-refractivity contribution in [3.05, 3.63) is 0 Å². The summed E-state index contributed by atoms with van der Waals surface area (Å²) < 4.78 is 0. The van der Waals surface area contributed by atoms with Crippen molar-refractivity contribution in [3.8, 4) is 0 Å². The van der Waals surface area contributed by atoms with E-state index in [0.29, 0.717) is 12.1 Å². The molecule has 2 nitrogen and oxygen atoms in total. The summed E-state index contributed by atoms with van der Waals surface area (Å²) in [6.07, 6.45) is 4.36. The van der Waals surface area contributed by atoms with Crippen LogP contribution in [0.5, 0.6) is 0 Å². The normalized spacial score (nSPS) is 33.0. The molecule has 0 heterocycles. The van der Waals surface area contributed by atoms with Crippen molar-refractivity contribution in [1.82, 2.24) is 5.32 Å². The quantitative estimate of drug-likeness (QED) is 0.644. The smallest absolute Gasteiger partial charge is 0.0570 e. The van der Waals surface area contributed by atoms with Gasteiger partial charge >= 0.3 is 0 Å². The van der Waals surface area contributed by atoms with Gasteiger partial charge in [0, 0.05) is 12.1 Å². The van der Waals surface area contributed by atoms with Crippen LogP contribution in [-0.2, 0) is 0 Å². The molecule has 1 saturated carbocycles. The van der Waals surface area contributed by atoms with E-state index in [4.69, 9.17) is 5.11 Å². The third kappa shape index (κ3) is 2.80. The fourth-order valence-electron chi connectivity index (χ4n) is 1.64. The van der Waals surface area contributed by atoms with Crippen LogP contribution >= 0.6 is 0 Å². The first-order valence-electron chi connectivity index (χ1n) is 4.66. The molecule has 0 aliphatic heterocycles. The molecule has 0 amide bonds. The van der Waals surface area contributed by atoms with Crippen molar-refractivity contribution in [3.63, 3.8) is 0 Å². The Morgan fingerprint density at radius 2 is 2.18 bits per heavy atom. The van der Waals surface area contributed by atoms with E-state index < -0.39 is 0 Å². The summed E-state index contributed by atoms with van der Waals surface area (Å²) >= 11 is 0. The Labute approximate surface area is 69.0 Å². The minimum absolute atomic E-state index is 0.0265. The molecule has 11 heavy (non-hydrogen) atoms. The Kier molecular flexibility index (Phi) is 3.34. The number of nitrogens with one attached hydrogen (secondary N) is 1. The molecule has 0 bridgehead atoms. The molecule has 0 radical (unpaired) electrons. The van der Waals surface area contributed by atoms with Gasteiger partial charge in [0.05, 0.1) is 6.10 Å². The van der Waals surface area contributed by atoms with Gasteiger partial charge in [-0.1, -0.05) is 13.3 Å². The molecular formula is C9H19NO. The van der Waals surface area contributed by atoms with E-state index >= 15 is 0 Å². The number of hydrogen-bond acceptors (Lipinski definition) is 2. The molecular weight excluding hydrogens is 138 g/mol. The highest BCUT2D eigenvalue weighted by molar-refractivity contribution is 4.85. The predicted octanol–water partition coefficient (Wildman–Crippen LogP) is 1.29. The molecule has 1 fully saturated rings. The molecule has 2 heteroatoms. The highest BCUT2D eigenvalue weighted by Crippen LogP contribution is 2.20. The lowest BCUT2D eigenvalue weighted by Crippen LogP contribution is -2.47. The summed E-state index contributed by atoms with van der Waals surface area (Å²) in [6.45, 7) is 4.42. The van der Waals surface area contributed by atoms with Gasteiger partial charge in [-0.2, -0.15) is 0 Å². The van der Waals surface area contributed by atoms with Gasteiger partial charge in [-0.3, -0.25) is 0 Å². The molecule has 1 unspecified atom stereocenters. The second-order valence-electron chi connectivity index (χ2n) is 3.68. The Morgan fingerprint density at radius 1 is 1.55 bits per heavy atom. The maximum absolute atomic E-state index is 9.02. The van der Waals surface area contributed by atoms with E-state index in [-0.39, 0.29) is 6.10 Å². The maximum atomic E-state index is 9.02. The van der Waals surface area contributed by atoms with Gasteiger partial charge in [0.15, 0.2) is 0 Å². The first-order valence-corrected chi connectivity index (χ1v) is 4.66. The lowest BCUT2D eigenvalue weighted by Gasteiger charge is -2.34. The van der Waals surface area contributed by atoms with Gasteiger partial charge in [0.1, 0.15) is 0 Å². The van der Waals surface area contributed by atoms with Gasteiger partial charge in [-0.25, -0.2) is 0 Å². The standard InChI is InChI=1S/C9H19NO/c1-3-4-7(2)10-8-5-9(11)6-8/h7-11H,3-6H2,1-2H3. The second kappa shape index (κ2) is 4.07. The van der Waals surface area contributed by atoms with Crippen LogP contribution in [0.1, 0.15) is 39.5 Å². The van der Waals surface area contributed by atoms with Crippen molar-refractivity contribution >= 4 is 0 Å². The third-order valence-electron chi connectivity index (χ3n) is 2.36. The Hall–Kier alpha value is -0.0800.